The molecule has 0 aliphatic rings. The summed E-state index contributed by atoms with van der Waals surface area (Å²) < 4.78 is 35.9. The maximum Gasteiger partial charge on any atom is 0.238 e. The van der Waals surface area contributed by atoms with Gasteiger partial charge in [-0.15, -0.1) is 10.2 Å². The number of rotatable bonds is 9. The lowest BCUT2D eigenvalue weighted by Crippen LogP contribution is -2.32. The fourth-order valence-electron chi connectivity index (χ4n) is 3.13. The summed E-state index contributed by atoms with van der Waals surface area (Å²) in [6.45, 7) is 5.62. The molecule has 3 atom stereocenters. The highest BCUT2D eigenvalue weighted by Crippen LogP contribution is 2.28. The number of sulfonamides is 1. The Labute approximate surface area is 186 Å². The van der Waals surface area contributed by atoms with Gasteiger partial charge in [-0.3, -0.25) is 9.29 Å². The summed E-state index contributed by atoms with van der Waals surface area (Å²) in [5, 5.41) is 7.91. The Morgan fingerprint density at radius 2 is 1.74 bits per heavy atom. The smallest absolute Gasteiger partial charge is 0.238 e. The highest BCUT2D eigenvalue weighted by Gasteiger charge is 2.31. The van der Waals surface area contributed by atoms with Crippen molar-refractivity contribution in [2.24, 2.45) is 0 Å². The first kappa shape index (κ1) is 23.1. The van der Waals surface area contributed by atoms with Crippen LogP contribution in [0.15, 0.2) is 42.7 Å². The van der Waals surface area contributed by atoms with Gasteiger partial charge in [0.1, 0.15) is 5.82 Å². The topological polar surface area (TPSA) is 112 Å². The zero-order valence-electron chi connectivity index (χ0n) is 17.7. The zero-order valence-corrected chi connectivity index (χ0v) is 19.3. The number of halogens is 1. The number of benzene rings is 1. The predicted octanol–water partition coefficient (Wildman–Crippen LogP) is 3.53. The summed E-state index contributed by atoms with van der Waals surface area (Å²) in [5.41, 5.74) is 0.819. The zero-order chi connectivity index (χ0) is 22.6. The van der Waals surface area contributed by atoms with Crippen LogP contribution in [-0.4, -0.2) is 52.1 Å². The molecule has 0 aliphatic carbocycles. The van der Waals surface area contributed by atoms with Crippen molar-refractivity contribution in [3.63, 3.8) is 0 Å². The number of anilines is 1. The van der Waals surface area contributed by atoms with E-state index in [0.717, 1.165) is 5.56 Å². The molecule has 0 spiro atoms. The van der Waals surface area contributed by atoms with Crippen LogP contribution in [0.5, 0.6) is 0 Å². The minimum atomic E-state index is -3.84. The van der Waals surface area contributed by atoms with E-state index in [2.05, 4.69) is 24.9 Å². The van der Waals surface area contributed by atoms with Gasteiger partial charge in [0.05, 0.1) is 22.9 Å². The molecular weight excluding hydrogens is 440 g/mol. The van der Waals surface area contributed by atoms with E-state index in [1.54, 1.807) is 25.5 Å². The maximum absolute atomic E-state index is 13.2. The van der Waals surface area contributed by atoms with Crippen LogP contribution >= 0.6 is 11.6 Å². The molecule has 0 radical (unpaired) electrons. The van der Waals surface area contributed by atoms with Crippen LogP contribution in [0.3, 0.4) is 0 Å². The highest BCUT2D eigenvalue weighted by atomic mass is 35.5. The summed E-state index contributed by atoms with van der Waals surface area (Å²) in [7, 11) is -2.25. The summed E-state index contributed by atoms with van der Waals surface area (Å²) in [6, 6.07) is 9.24. The lowest BCUT2D eigenvalue weighted by atomic mass is 10.1. The Morgan fingerprint density at radius 1 is 1.10 bits per heavy atom. The van der Waals surface area contributed by atoms with Crippen molar-refractivity contribution in [3.05, 3.63) is 53.6 Å². The van der Waals surface area contributed by atoms with E-state index in [1.807, 2.05) is 37.3 Å². The number of aromatic nitrogens is 5. The fraction of sp³-hybridized carbons (Fsp3) is 0.400. The van der Waals surface area contributed by atoms with Crippen LogP contribution in [0.1, 0.15) is 38.6 Å². The van der Waals surface area contributed by atoms with Gasteiger partial charge < -0.3 is 4.74 Å². The standard InChI is InChI=1S/C20H25ClN6O3S/c1-13(12-30-4)27-19(16-8-6-5-7-9-16)24-25-20(27)26-31(28,29)15(3)14(2)18-22-10-17(21)11-23-18/h5-11,13-15H,12H2,1-4H3,(H,25,26)/t13-,14-,15-/m0/s1. The summed E-state index contributed by atoms with van der Waals surface area (Å²) >= 11 is 5.83. The Morgan fingerprint density at radius 3 is 2.35 bits per heavy atom. The molecule has 0 bridgehead atoms. The third-order valence-electron chi connectivity index (χ3n) is 5.05. The molecule has 0 fully saturated rings. The van der Waals surface area contributed by atoms with Crippen LogP contribution in [-0.2, 0) is 14.8 Å². The lowest BCUT2D eigenvalue weighted by molar-refractivity contribution is 0.163. The van der Waals surface area contributed by atoms with Crippen LogP contribution in [0.2, 0.25) is 5.02 Å². The number of hydrogen-bond donors (Lipinski definition) is 1. The molecule has 0 saturated carbocycles. The number of nitrogens with one attached hydrogen (secondary N) is 1. The van der Waals surface area contributed by atoms with Gasteiger partial charge in [-0.1, -0.05) is 48.9 Å². The van der Waals surface area contributed by atoms with Crippen molar-refractivity contribution in [1.82, 2.24) is 24.7 Å². The van der Waals surface area contributed by atoms with Crippen molar-refractivity contribution < 1.29 is 13.2 Å². The molecule has 11 heteroatoms. The van der Waals surface area contributed by atoms with Gasteiger partial charge in [-0.25, -0.2) is 18.4 Å². The van der Waals surface area contributed by atoms with Gasteiger partial charge in [0.2, 0.25) is 16.0 Å². The molecule has 0 saturated heterocycles. The second kappa shape index (κ2) is 9.71. The van der Waals surface area contributed by atoms with Crippen LogP contribution in [0.25, 0.3) is 11.4 Å². The number of methoxy groups -OCH3 is 1. The number of hydrogen-bond acceptors (Lipinski definition) is 7. The molecule has 3 aromatic rings. The van der Waals surface area contributed by atoms with E-state index in [4.69, 9.17) is 16.3 Å². The first-order valence-corrected chi connectivity index (χ1v) is 11.6. The van der Waals surface area contributed by atoms with Gasteiger partial charge in [0, 0.05) is 31.0 Å². The molecule has 1 N–H and O–H groups in total. The summed E-state index contributed by atoms with van der Waals surface area (Å²) in [4.78, 5) is 8.30. The lowest BCUT2D eigenvalue weighted by Gasteiger charge is -2.22. The molecule has 9 nitrogen and oxygen atoms in total. The Kier molecular flexibility index (Phi) is 7.24. The number of ether oxygens (including phenoxy) is 1. The van der Waals surface area contributed by atoms with Gasteiger partial charge in [0.25, 0.3) is 0 Å². The van der Waals surface area contributed by atoms with Crippen LogP contribution < -0.4 is 4.72 Å². The van der Waals surface area contributed by atoms with Crippen molar-refractivity contribution in [2.75, 3.05) is 18.4 Å². The molecule has 0 aliphatic heterocycles. The quantitative estimate of drug-likeness (QED) is 0.515. The van der Waals surface area contributed by atoms with Crippen LogP contribution in [0.4, 0.5) is 5.95 Å². The van der Waals surface area contributed by atoms with Crippen molar-refractivity contribution >= 4 is 27.6 Å². The molecule has 2 heterocycles. The fourth-order valence-corrected chi connectivity index (χ4v) is 4.47. The molecule has 2 aromatic heterocycles. The van der Waals surface area contributed by atoms with E-state index in [1.165, 1.54) is 12.4 Å². The molecule has 3 rings (SSSR count). The Balaban J connectivity index is 1.93. The largest absolute Gasteiger partial charge is 0.383 e. The van der Waals surface area contributed by atoms with Gasteiger partial charge in [-0.2, -0.15) is 0 Å². The second-order valence-corrected chi connectivity index (χ2v) is 9.76. The monoisotopic (exact) mass is 464 g/mol. The average Bonchev–Trinajstić information content (AvgIpc) is 3.17. The third-order valence-corrected chi connectivity index (χ3v) is 7.10. The first-order chi connectivity index (χ1) is 14.7. The minimum Gasteiger partial charge on any atom is -0.383 e. The predicted molar refractivity (Wildman–Crippen MR) is 120 cm³/mol. The van der Waals surface area contributed by atoms with E-state index >= 15 is 0 Å². The first-order valence-electron chi connectivity index (χ1n) is 9.73. The van der Waals surface area contributed by atoms with Gasteiger partial charge >= 0.3 is 0 Å². The van der Waals surface area contributed by atoms with E-state index in [-0.39, 0.29) is 12.0 Å². The summed E-state index contributed by atoms with van der Waals surface area (Å²) in [6.07, 6.45) is 2.89. The molecule has 1 aromatic carbocycles. The molecular formula is C20H25ClN6O3S. The molecule has 0 amide bonds. The van der Waals surface area contributed by atoms with E-state index < -0.39 is 21.2 Å². The van der Waals surface area contributed by atoms with E-state index in [9.17, 15) is 8.42 Å². The van der Waals surface area contributed by atoms with Gasteiger partial charge in [-0.05, 0) is 13.8 Å². The molecule has 31 heavy (non-hydrogen) atoms. The Hall–Kier alpha value is -2.56. The van der Waals surface area contributed by atoms with Crippen molar-refractivity contribution in [3.8, 4) is 11.4 Å². The summed E-state index contributed by atoms with van der Waals surface area (Å²) in [5.74, 6) is 0.585. The normalized spacial score (nSPS) is 14.7. The second-order valence-electron chi connectivity index (χ2n) is 7.29. The van der Waals surface area contributed by atoms with Crippen molar-refractivity contribution in [1.29, 1.82) is 0 Å². The third kappa shape index (κ3) is 5.20. The average molecular weight is 465 g/mol. The highest BCUT2D eigenvalue weighted by molar-refractivity contribution is 7.93. The maximum atomic E-state index is 13.2. The van der Waals surface area contributed by atoms with E-state index in [0.29, 0.717) is 23.3 Å². The van der Waals surface area contributed by atoms with Crippen molar-refractivity contribution in [2.45, 2.75) is 38.0 Å². The SMILES string of the molecule is COC[C@H](C)n1c(NS(=O)(=O)[C@@H](C)[C@H](C)c2ncc(Cl)cn2)nnc1-c1ccccc1. The molecule has 0 unspecified atom stereocenters. The Bertz CT molecular complexity index is 1110. The van der Waals surface area contributed by atoms with Crippen LogP contribution in [0, 0.1) is 0 Å². The minimum absolute atomic E-state index is 0.125. The molecule has 166 valence electrons. The number of nitrogens with zero attached hydrogens (tertiary/aromatic N) is 5. The van der Waals surface area contributed by atoms with Gasteiger partial charge in [0.15, 0.2) is 5.82 Å².